The molecule has 0 atom stereocenters. The number of carbonyl (C=O) groups excluding carboxylic acids is 1. The number of piperazine rings is 1. The molecular formula is C21H25ClN4O2. The third-order valence-electron chi connectivity index (χ3n) is 4.82. The van der Waals surface area contributed by atoms with Gasteiger partial charge in [0.05, 0.1) is 12.3 Å². The van der Waals surface area contributed by atoms with E-state index in [-0.39, 0.29) is 11.7 Å². The second kappa shape index (κ2) is 9.68. The van der Waals surface area contributed by atoms with Crippen molar-refractivity contribution in [3.8, 4) is 5.75 Å². The summed E-state index contributed by atoms with van der Waals surface area (Å²) < 4.78 is 0. The third kappa shape index (κ3) is 5.79. The van der Waals surface area contributed by atoms with Crippen LogP contribution >= 0.6 is 11.6 Å². The maximum atomic E-state index is 12.2. The molecule has 3 rings (SSSR count). The van der Waals surface area contributed by atoms with Crippen LogP contribution in [0.5, 0.6) is 5.75 Å². The average Bonchev–Trinajstić information content (AvgIpc) is 2.70. The maximum Gasteiger partial charge on any atom is 0.254 e. The van der Waals surface area contributed by atoms with Crippen LogP contribution in [0.15, 0.2) is 53.6 Å². The molecule has 148 valence electrons. The summed E-state index contributed by atoms with van der Waals surface area (Å²) in [5.41, 5.74) is 5.29. The van der Waals surface area contributed by atoms with E-state index in [4.69, 9.17) is 11.6 Å². The highest BCUT2D eigenvalue weighted by Crippen LogP contribution is 2.17. The van der Waals surface area contributed by atoms with Gasteiger partial charge >= 0.3 is 0 Å². The van der Waals surface area contributed by atoms with Gasteiger partial charge in [-0.15, -0.1) is 0 Å². The van der Waals surface area contributed by atoms with Crippen molar-refractivity contribution in [1.82, 2.24) is 15.2 Å². The van der Waals surface area contributed by atoms with E-state index in [0.29, 0.717) is 12.3 Å². The molecule has 6 nitrogen and oxygen atoms in total. The van der Waals surface area contributed by atoms with Crippen LogP contribution in [0.4, 0.5) is 0 Å². The first kappa shape index (κ1) is 20.3. The summed E-state index contributed by atoms with van der Waals surface area (Å²) in [6, 6.07) is 14.6. The van der Waals surface area contributed by atoms with Gasteiger partial charge in [-0.05, 0) is 48.4 Å². The highest BCUT2D eigenvalue weighted by Gasteiger charge is 2.19. The Bertz CT molecular complexity index is 831. The Kier molecular flexibility index (Phi) is 7.03. The van der Waals surface area contributed by atoms with Gasteiger partial charge in [-0.1, -0.05) is 29.8 Å². The lowest BCUT2D eigenvalue weighted by atomic mass is 10.1. The average molecular weight is 401 g/mol. The SMILES string of the molecule is CC(=NNC(=O)CN1CCN(Cc2ccccc2Cl)CC1)c1ccc(O)cc1. The van der Waals surface area contributed by atoms with Crippen molar-refractivity contribution >= 4 is 23.2 Å². The Morgan fingerprint density at radius 1 is 1.07 bits per heavy atom. The molecule has 0 unspecified atom stereocenters. The lowest BCUT2D eigenvalue weighted by Crippen LogP contribution is -2.48. The molecule has 2 aromatic rings. The lowest BCUT2D eigenvalue weighted by molar-refractivity contribution is -0.122. The van der Waals surface area contributed by atoms with Crippen molar-refractivity contribution in [2.24, 2.45) is 5.10 Å². The summed E-state index contributed by atoms with van der Waals surface area (Å²) in [5, 5.41) is 14.3. The topological polar surface area (TPSA) is 68.2 Å². The first-order chi connectivity index (χ1) is 13.5. The van der Waals surface area contributed by atoms with Crippen LogP contribution in [0.25, 0.3) is 0 Å². The number of phenolic OH excluding ortho intramolecular Hbond substituents is 1. The minimum absolute atomic E-state index is 0.127. The molecular weight excluding hydrogens is 376 g/mol. The number of phenols is 1. The number of aromatic hydroxyl groups is 1. The Hall–Kier alpha value is -2.41. The molecule has 0 aromatic heterocycles. The predicted octanol–water partition coefficient (Wildman–Crippen LogP) is 2.70. The molecule has 1 aliphatic heterocycles. The zero-order valence-electron chi connectivity index (χ0n) is 15.9. The van der Waals surface area contributed by atoms with Gasteiger partial charge in [0.2, 0.25) is 0 Å². The van der Waals surface area contributed by atoms with Crippen LogP contribution in [0.2, 0.25) is 5.02 Å². The standard InChI is InChI=1S/C21H25ClN4O2/c1-16(17-6-8-19(27)9-7-17)23-24-21(28)15-26-12-10-25(11-13-26)14-18-4-2-3-5-20(18)22/h2-9,27H,10-15H2,1H3,(H,24,28). The zero-order valence-corrected chi connectivity index (χ0v) is 16.7. The molecule has 0 spiro atoms. The van der Waals surface area contributed by atoms with Gasteiger partial charge in [0.25, 0.3) is 5.91 Å². The van der Waals surface area contributed by atoms with Crippen LogP contribution < -0.4 is 5.43 Å². The molecule has 1 amide bonds. The van der Waals surface area contributed by atoms with Crippen LogP contribution in [-0.2, 0) is 11.3 Å². The van der Waals surface area contributed by atoms with Gasteiger partial charge in [-0.3, -0.25) is 14.6 Å². The number of nitrogens with zero attached hydrogens (tertiary/aromatic N) is 3. The van der Waals surface area contributed by atoms with Crippen molar-refractivity contribution in [2.45, 2.75) is 13.5 Å². The number of nitrogens with one attached hydrogen (secondary N) is 1. The van der Waals surface area contributed by atoms with Gasteiger partial charge in [0, 0.05) is 37.7 Å². The molecule has 0 aliphatic carbocycles. The van der Waals surface area contributed by atoms with Crippen LogP contribution in [0.1, 0.15) is 18.1 Å². The van der Waals surface area contributed by atoms with Crippen molar-refractivity contribution in [3.05, 3.63) is 64.7 Å². The monoisotopic (exact) mass is 400 g/mol. The fourth-order valence-electron chi connectivity index (χ4n) is 3.12. The Morgan fingerprint density at radius 3 is 2.39 bits per heavy atom. The van der Waals surface area contributed by atoms with E-state index in [1.165, 1.54) is 0 Å². The van der Waals surface area contributed by atoms with Crippen molar-refractivity contribution in [3.63, 3.8) is 0 Å². The largest absolute Gasteiger partial charge is 0.508 e. The highest BCUT2D eigenvalue weighted by molar-refractivity contribution is 6.31. The van der Waals surface area contributed by atoms with E-state index >= 15 is 0 Å². The van der Waals surface area contributed by atoms with Gasteiger partial charge in [-0.2, -0.15) is 5.10 Å². The number of halogens is 1. The number of hydrogen-bond donors (Lipinski definition) is 2. The fourth-order valence-corrected chi connectivity index (χ4v) is 3.32. The second-order valence-corrected chi connectivity index (χ2v) is 7.33. The van der Waals surface area contributed by atoms with E-state index in [2.05, 4.69) is 26.4 Å². The van der Waals surface area contributed by atoms with Crippen LogP contribution in [-0.4, -0.2) is 59.2 Å². The van der Waals surface area contributed by atoms with Gasteiger partial charge in [0.15, 0.2) is 0 Å². The van der Waals surface area contributed by atoms with Gasteiger partial charge in [-0.25, -0.2) is 5.43 Å². The van der Waals surface area contributed by atoms with Crippen LogP contribution in [0, 0.1) is 0 Å². The van der Waals surface area contributed by atoms with Crippen LogP contribution in [0.3, 0.4) is 0 Å². The van der Waals surface area contributed by atoms with E-state index in [9.17, 15) is 9.90 Å². The Labute approximate surface area is 170 Å². The summed E-state index contributed by atoms with van der Waals surface area (Å²) in [4.78, 5) is 16.7. The predicted molar refractivity (Wildman–Crippen MR) is 112 cm³/mol. The minimum atomic E-state index is -0.127. The number of hydrogen-bond acceptors (Lipinski definition) is 5. The molecule has 7 heteroatoms. The maximum absolute atomic E-state index is 12.2. The normalized spacial score (nSPS) is 16.1. The molecule has 0 saturated carbocycles. The lowest BCUT2D eigenvalue weighted by Gasteiger charge is -2.34. The second-order valence-electron chi connectivity index (χ2n) is 6.92. The van der Waals surface area contributed by atoms with Gasteiger partial charge < -0.3 is 5.11 Å². The molecule has 28 heavy (non-hydrogen) atoms. The summed E-state index contributed by atoms with van der Waals surface area (Å²) in [7, 11) is 0. The number of benzene rings is 2. The zero-order chi connectivity index (χ0) is 19.9. The molecule has 1 fully saturated rings. The first-order valence-corrected chi connectivity index (χ1v) is 9.70. The fraction of sp³-hybridized carbons (Fsp3) is 0.333. The van der Waals surface area contributed by atoms with Crippen molar-refractivity contribution in [1.29, 1.82) is 0 Å². The third-order valence-corrected chi connectivity index (χ3v) is 5.19. The number of amides is 1. The molecule has 1 saturated heterocycles. The molecule has 2 N–H and O–H groups in total. The molecule has 0 bridgehead atoms. The van der Waals surface area contributed by atoms with E-state index in [1.54, 1.807) is 24.3 Å². The summed E-state index contributed by atoms with van der Waals surface area (Å²) in [5.74, 6) is 0.0759. The number of hydrazone groups is 1. The van der Waals surface area contributed by atoms with E-state index in [1.807, 2.05) is 25.1 Å². The summed E-state index contributed by atoms with van der Waals surface area (Å²) in [6.07, 6.45) is 0. The smallest absolute Gasteiger partial charge is 0.254 e. The van der Waals surface area contributed by atoms with Crippen molar-refractivity contribution < 1.29 is 9.90 Å². The minimum Gasteiger partial charge on any atom is -0.508 e. The Morgan fingerprint density at radius 2 is 1.71 bits per heavy atom. The van der Waals surface area contributed by atoms with Crippen molar-refractivity contribution in [2.75, 3.05) is 32.7 Å². The molecule has 1 heterocycles. The molecule has 0 radical (unpaired) electrons. The first-order valence-electron chi connectivity index (χ1n) is 9.32. The van der Waals surface area contributed by atoms with Gasteiger partial charge in [0.1, 0.15) is 5.75 Å². The van der Waals surface area contributed by atoms with E-state index in [0.717, 1.165) is 48.9 Å². The quantitative estimate of drug-likeness (QED) is 0.578. The van der Waals surface area contributed by atoms with E-state index < -0.39 is 0 Å². The summed E-state index contributed by atoms with van der Waals surface area (Å²) >= 11 is 6.24. The highest BCUT2D eigenvalue weighted by atomic mass is 35.5. The summed E-state index contributed by atoms with van der Waals surface area (Å²) in [6.45, 7) is 6.43. The number of carbonyl (C=O) groups is 1. The number of rotatable bonds is 6. The Balaban J connectivity index is 1.43. The molecule has 1 aliphatic rings. The molecule has 2 aromatic carbocycles.